The maximum Gasteiger partial charge on any atom is 0.433 e. The number of hydrogen-bond acceptors (Lipinski definition) is 2. The zero-order valence-corrected chi connectivity index (χ0v) is 9.15. The molecule has 0 aliphatic carbocycles. The van der Waals surface area contributed by atoms with Crippen molar-refractivity contribution in [2.45, 2.75) is 26.2 Å². The fourth-order valence-electron chi connectivity index (χ4n) is 2.43. The van der Waals surface area contributed by atoms with Crippen LogP contribution in [0.25, 0.3) is 11.0 Å². The minimum Gasteiger partial charge on any atom is -0.325 e. The quantitative estimate of drug-likeness (QED) is 0.742. The second kappa shape index (κ2) is 3.25. The van der Waals surface area contributed by atoms with Gasteiger partial charge in [0.15, 0.2) is 5.65 Å². The van der Waals surface area contributed by atoms with E-state index in [-0.39, 0.29) is 5.39 Å². The summed E-state index contributed by atoms with van der Waals surface area (Å²) in [7, 11) is 0. The van der Waals surface area contributed by atoms with Crippen LogP contribution in [0.3, 0.4) is 0 Å². The Hall–Kier alpha value is -1.50. The highest BCUT2D eigenvalue weighted by atomic mass is 19.4. The average Bonchev–Trinajstić information content (AvgIpc) is 2.80. The van der Waals surface area contributed by atoms with Crippen LogP contribution in [0.2, 0.25) is 0 Å². The summed E-state index contributed by atoms with van der Waals surface area (Å²) in [6, 6.07) is 0. The summed E-state index contributed by atoms with van der Waals surface area (Å²) in [6.45, 7) is 3.72. The van der Waals surface area contributed by atoms with Crippen LogP contribution in [0.15, 0.2) is 0 Å². The Labute approximate surface area is 94.8 Å². The zero-order valence-electron chi connectivity index (χ0n) is 9.15. The summed E-state index contributed by atoms with van der Waals surface area (Å²) in [5.74, 6) is 0. The van der Waals surface area contributed by atoms with E-state index in [2.05, 4.69) is 15.5 Å². The van der Waals surface area contributed by atoms with Gasteiger partial charge in [-0.05, 0) is 12.5 Å². The Bertz CT molecular complexity index is 578. The molecule has 3 heterocycles. The monoisotopic (exact) mass is 244 g/mol. The number of aryl methyl sites for hydroxylation is 1. The van der Waals surface area contributed by atoms with Gasteiger partial charge in [-0.15, -0.1) is 0 Å². The van der Waals surface area contributed by atoms with Crippen LogP contribution >= 0.6 is 0 Å². The van der Waals surface area contributed by atoms with E-state index in [1.807, 2.05) is 4.57 Å². The van der Waals surface area contributed by atoms with Crippen LogP contribution in [0.4, 0.5) is 13.2 Å². The van der Waals surface area contributed by atoms with E-state index >= 15 is 0 Å². The number of fused-ring (bicyclic) bond motifs is 3. The van der Waals surface area contributed by atoms with Crippen molar-refractivity contribution in [1.29, 1.82) is 0 Å². The third-order valence-corrected chi connectivity index (χ3v) is 3.22. The van der Waals surface area contributed by atoms with E-state index in [0.717, 1.165) is 12.2 Å². The third kappa shape index (κ3) is 1.38. The number of halogens is 3. The first-order valence-corrected chi connectivity index (χ1v) is 5.34. The Morgan fingerprint density at radius 2 is 2.12 bits per heavy atom. The summed E-state index contributed by atoms with van der Waals surface area (Å²) >= 11 is 0. The van der Waals surface area contributed by atoms with E-state index in [0.29, 0.717) is 24.3 Å². The van der Waals surface area contributed by atoms with Gasteiger partial charge >= 0.3 is 6.18 Å². The molecule has 0 radical (unpaired) electrons. The summed E-state index contributed by atoms with van der Waals surface area (Å²) in [6.07, 6.45) is -4.38. The molecule has 1 aliphatic rings. The van der Waals surface area contributed by atoms with Crippen molar-refractivity contribution in [1.82, 2.24) is 20.1 Å². The van der Waals surface area contributed by atoms with Gasteiger partial charge in [0.2, 0.25) is 0 Å². The molecule has 0 atom stereocenters. The van der Waals surface area contributed by atoms with E-state index in [9.17, 15) is 13.2 Å². The van der Waals surface area contributed by atoms with Crippen LogP contribution < -0.4 is 5.32 Å². The molecule has 0 spiro atoms. The number of nitrogens with one attached hydrogen (secondary N) is 2. The van der Waals surface area contributed by atoms with Gasteiger partial charge in [-0.2, -0.15) is 18.3 Å². The number of aromatic amines is 1. The van der Waals surface area contributed by atoms with Gasteiger partial charge in [0.1, 0.15) is 5.69 Å². The lowest BCUT2D eigenvalue weighted by Crippen LogP contribution is -2.28. The second-order valence-corrected chi connectivity index (χ2v) is 4.20. The topological polar surface area (TPSA) is 45.6 Å². The van der Waals surface area contributed by atoms with Crippen molar-refractivity contribution < 1.29 is 13.2 Å². The minimum absolute atomic E-state index is 0.205. The molecule has 17 heavy (non-hydrogen) atoms. The number of H-pyrrole nitrogens is 1. The lowest BCUT2D eigenvalue weighted by molar-refractivity contribution is -0.139. The Balaban J connectivity index is 2.33. The summed E-state index contributed by atoms with van der Waals surface area (Å²) in [4.78, 5) is 0. The van der Waals surface area contributed by atoms with Crippen molar-refractivity contribution >= 4 is 11.0 Å². The molecule has 0 aromatic carbocycles. The second-order valence-electron chi connectivity index (χ2n) is 4.20. The molecular weight excluding hydrogens is 233 g/mol. The highest BCUT2D eigenvalue weighted by Crippen LogP contribution is 2.37. The van der Waals surface area contributed by atoms with Gasteiger partial charge in [-0.25, -0.2) is 0 Å². The fraction of sp³-hybridized carbons (Fsp3) is 0.500. The Morgan fingerprint density at radius 1 is 1.35 bits per heavy atom. The molecule has 2 aromatic heterocycles. The molecular formula is C10H11F3N4. The molecule has 7 heteroatoms. The Kier molecular flexibility index (Phi) is 2.04. The molecule has 92 valence electrons. The highest BCUT2D eigenvalue weighted by Gasteiger charge is 2.37. The van der Waals surface area contributed by atoms with Crippen LogP contribution in [0, 0.1) is 6.92 Å². The SMILES string of the molecule is Cc1c2n(c3n[nH]c(C(F)(F)F)c13)CCNC2. The maximum absolute atomic E-state index is 12.8. The summed E-state index contributed by atoms with van der Waals surface area (Å²) < 4.78 is 40.3. The first kappa shape index (κ1) is 10.6. The molecule has 0 fully saturated rings. The van der Waals surface area contributed by atoms with Crippen molar-refractivity contribution in [2.75, 3.05) is 6.54 Å². The van der Waals surface area contributed by atoms with E-state index < -0.39 is 11.9 Å². The summed E-state index contributed by atoms with van der Waals surface area (Å²) in [5, 5.41) is 9.27. The fourth-order valence-corrected chi connectivity index (χ4v) is 2.43. The van der Waals surface area contributed by atoms with E-state index in [1.165, 1.54) is 0 Å². The molecule has 0 amide bonds. The molecule has 0 saturated heterocycles. The van der Waals surface area contributed by atoms with E-state index in [1.54, 1.807) is 6.92 Å². The normalized spacial score (nSPS) is 16.5. The van der Waals surface area contributed by atoms with Crippen LogP contribution in [-0.4, -0.2) is 21.3 Å². The largest absolute Gasteiger partial charge is 0.433 e. The first-order chi connectivity index (χ1) is 8.00. The number of aromatic nitrogens is 3. The predicted molar refractivity (Wildman–Crippen MR) is 55.5 cm³/mol. The molecule has 0 unspecified atom stereocenters. The number of hydrogen-bond donors (Lipinski definition) is 2. The van der Waals surface area contributed by atoms with Crippen LogP contribution in [0.5, 0.6) is 0 Å². The highest BCUT2D eigenvalue weighted by molar-refractivity contribution is 5.85. The number of alkyl halides is 3. The van der Waals surface area contributed by atoms with Gasteiger partial charge in [0.05, 0.1) is 5.39 Å². The lowest BCUT2D eigenvalue weighted by Gasteiger charge is -2.17. The lowest BCUT2D eigenvalue weighted by atomic mass is 10.1. The molecule has 1 aliphatic heterocycles. The average molecular weight is 244 g/mol. The van der Waals surface area contributed by atoms with Gasteiger partial charge in [0, 0.05) is 25.3 Å². The number of nitrogens with zero attached hydrogens (tertiary/aromatic N) is 2. The maximum atomic E-state index is 12.8. The van der Waals surface area contributed by atoms with Gasteiger partial charge in [-0.1, -0.05) is 0 Å². The minimum atomic E-state index is -4.38. The van der Waals surface area contributed by atoms with Gasteiger partial charge < -0.3 is 9.88 Å². The van der Waals surface area contributed by atoms with Crippen molar-refractivity contribution in [3.05, 3.63) is 17.0 Å². The third-order valence-electron chi connectivity index (χ3n) is 3.22. The molecule has 2 N–H and O–H groups in total. The predicted octanol–water partition coefficient (Wildman–Crippen LogP) is 1.79. The Morgan fingerprint density at radius 3 is 2.82 bits per heavy atom. The zero-order chi connectivity index (χ0) is 12.2. The molecule has 0 bridgehead atoms. The molecule has 3 rings (SSSR count). The van der Waals surface area contributed by atoms with Gasteiger partial charge in [0.25, 0.3) is 0 Å². The number of rotatable bonds is 0. The molecule has 2 aromatic rings. The van der Waals surface area contributed by atoms with Crippen molar-refractivity contribution in [3.8, 4) is 0 Å². The first-order valence-electron chi connectivity index (χ1n) is 5.34. The van der Waals surface area contributed by atoms with Gasteiger partial charge in [-0.3, -0.25) is 5.10 Å². The standard InChI is InChI=1S/C10H11F3N4/c1-5-6-4-14-2-3-17(6)9-7(5)8(15-16-9)10(11,12)13/h14H,2-4H2,1H3,(H,15,16). The van der Waals surface area contributed by atoms with Crippen molar-refractivity contribution in [2.24, 2.45) is 0 Å². The van der Waals surface area contributed by atoms with Crippen molar-refractivity contribution in [3.63, 3.8) is 0 Å². The van der Waals surface area contributed by atoms with E-state index in [4.69, 9.17) is 0 Å². The molecule has 4 nitrogen and oxygen atoms in total. The van der Waals surface area contributed by atoms with Crippen LogP contribution in [0.1, 0.15) is 17.0 Å². The van der Waals surface area contributed by atoms with Crippen LogP contribution in [-0.2, 0) is 19.3 Å². The smallest absolute Gasteiger partial charge is 0.325 e. The summed E-state index contributed by atoms with van der Waals surface area (Å²) in [5.41, 5.74) is 1.22. The molecule has 0 saturated carbocycles.